The number of anilines is 1. The van der Waals surface area contributed by atoms with Gasteiger partial charge in [0.25, 0.3) is 5.69 Å². The van der Waals surface area contributed by atoms with E-state index >= 15 is 0 Å². The smallest absolute Gasteiger partial charge is 0.411 e. The van der Waals surface area contributed by atoms with Crippen LogP contribution in [0.1, 0.15) is 6.42 Å². The van der Waals surface area contributed by atoms with Gasteiger partial charge in [0.15, 0.2) is 0 Å². The number of ether oxygens (including phenoxy) is 2. The van der Waals surface area contributed by atoms with Crippen molar-refractivity contribution in [3.63, 3.8) is 0 Å². The van der Waals surface area contributed by atoms with Crippen LogP contribution in [-0.4, -0.2) is 42.5 Å². The lowest BCUT2D eigenvalue weighted by Crippen LogP contribution is -2.25. The molecule has 2 rings (SSSR count). The Hall–Kier alpha value is -2.35. The van der Waals surface area contributed by atoms with Gasteiger partial charge in [-0.25, -0.2) is 4.79 Å². The minimum absolute atomic E-state index is 0.0288. The molecule has 8 heteroatoms. The minimum atomic E-state index is -1.28. The lowest BCUT2D eigenvalue weighted by atomic mass is 10.2. The summed E-state index contributed by atoms with van der Waals surface area (Å²) in [5.41, 5.74) is -0.316. The van der Waals surface area contributed by atoms with Gasteiger partial charge in [0.05, 0.1) is 18.1 Å². The van der Waals surface area contributed by atoms with Crippen molar-refractivity contribution in [1.82, 2.24) is 0 Å². The van der Waals surface area contributed by atoms with E-state index in [0.29, 0.717) is 19.0 Å². The molecule has 0 aromatic heterocycles. The van der Waals surface area contributed by atoms with E-state index in [-0.39, 0.29) is 17.5 Å². The standard InChI is InChI=1S/C12H14N2O6/c1-13(12(15)16)11-6-8(2-3-10(11)14(17)18)20-9-4-5-19-7-9/h2-3,6,9H,4-5,7H2,1H3,(H,15,16). The van der Waals surface area contributed by atoms with Crippen molar-refractivity contribution < 1.29 is 24.3 Å². The summed E-state index contributed by atoms with van der Waals surface area (Å²) >= 11 is 0. The molecule has 1 atom stereocenters. The second-order valence-corrected chi connectivity index (χ2v) is 4.35. The van der Waals surface area contributed by atoms with Crippen LogP contribution in [0.5, 0.6) is 5.75 Å². The van der Waals surface area contributed by atoms with Crippen molar-refractivity contribution in [3.05, 3.63) is 28.3 Å². The Labute approximate surface area is 114 Å². The van der Waals surface area contributed by atoms with E-state index in [0.717, 1.165) is 11.3 Å². The summed E-state index contributed by atoms with van der Waals surface area (Å²) in [5.74, 6) is 0.384. The first-order valence-corrected chi connectivity index (χ1v) is 5.98. The third kappa shape index (κ3) is 2.97. The summed E-state index contributed by atoms with van der Waals surface area (Å²) in [6.45, 7) is 1.07. The monoisotopic (exact) mass is 282 g/mol. The van der Waals surface area contributed by atoms with Gasteiger partial charge in [-0.1, -0.05) is 0 Å². The SMILES string of the molecule is CN(C(=O)O)c1cc(OC2CCOC2)ccc1[N+](=O)[O-]. The molecular weight excluding hydrogens is 268 g/mol. The van der Waals surface area contributed by atoms with E-state index in [4.69, 9.17) is 14.6 Å². The zero-order valence-corrected chi connectivity index (χ0v) is 10.8. The fourth-order valence-electron chi connectivity index (χ4n) is 1.90. The molecule has 8 nitrogen and oxygen atoms in total. The normalized spacial score (nSPS) is 17.8. The van der Waals surface area contributed by atoms with Gasteiger partial charge in [-0.2, -0.15) is 0 Å². The number of nitro benzene ring substituents is 1. The van der Waals surface area contributed by atoms with Crippen LogP contribution in [0.15, 0.2) is 18.2 Å². The zero-order valence-electron chi connectivity index (χ0n) is 10.8. The predicted molar refractivity (Wildman–Crippen MR) is 69.4 cm³/mol. The Morgan fingerprint density at radius 2 is 2.35 bits per heavy atom. The molecule has 1 aliphatic heterocycles. The fraction of sp³-hybridized carbons (Fsp3) is 0.417. The fourth-order valence-corrected chi connectivity index (χ4v) is 1.90. The lowest BCUT2D eigenvalue weighted by molar-refractivity contribution is -0.384. The molecule has 1 aromatic rings. The van der Waals surface area contributed by atoms with Crippen LogP contribution in [0.4, 0.5) is 16.2 Å². The van der Waals surface area contributed by atoms with E-state index in [9.17, 15) is 14.9 Å². The number of carbonyl (C=O) groups is 1. The van der Waals surface area contributed by atoms with Crippen LogP contribution in [0.3, 0.4) is 0 Å². The summed E-state index contributed by atoms with van der Waals surface area (Å²) in [6, 6.07) is 4.04. The van der Waals surface area contributed by atoms with Crippen LogP contribution < -0.4 is 9.64 Å². The maximum Gasteiger partial charge on any atom is 0.411 e. The Balaban J connectivity index is 2.29. The third-order valence-corrected chi connectivity index (χ3v) is 2.98. The van der Waals surface area contributed by atoms with Crippen molar-refractivity contribution in [1.29, 1.82) is 0 Å². The molecule has 0 bridgehead atoms. The molecule has 1 aromatic carbocycles. The topological polar surface area (TPSA) is 102 Å². The Morgan fingerprint density at radius 1 is 1.60 bits per heavy atom. The first-order chi connectivity index (χ1) is 9.49. The highest BCUT2D eigenvalue weighted by atomic mass is 16.6. The van der Waals surface area contributed by atoms with Crippen molar-refractivity contribution >= 4 is 17.5 Å². The van der Waals surface area contributed by atoms with E-state index < -0.39 is 11.0 Å². The maximum absolute atomic E-state index is 11.0. The van der Waals surface area contributed by atoms with Gasteiger partial charge in [0.2, 0.25) is 0 Å². The van der Waals surface area contributed by atoms with Crippen LogP contribution in [0, 0.1) is 10.1 Å². The van der Waals surface area contributed by atoms with Gasteiger partial charge in [0, 0.05) is 25.6 Å². The summed E-state index contributed by atoms with van der Waals surface area (Å²) < 4.78 is 10.8. The minimum Gasteiger partial charge on any atom is -0.488 e. The maximum atomic E-state index is 11.0. The van der Waals surface area contributed by atoms with Crippen molar-refractivity contribution in [2.75, 3.05) is 25.2 Å². The summed E-state index contributed by atoms with van der Waals surface area (Å²) in [5, 5.41) is 19.9. The molecule has 0 saturated carbocycles. The molecule has 1 aliphatic rings. The summed E-state index contributed by atoms with van der Waals surface area (Å²) in [6.07, 6.45) is -0.657. The Morgan fingerprint density at radius 3 is 2.90 bits per heavy atom. The number of nitro groups is 1. The van der Waals surface area contributed by atoms with E-state index in [1.165, 1.54) is 25.2 Å². The van der Waals surface area contributed by atoms with E-state index in [1.807, 2.05) is 0 Å². The zero-order chi connectivity index (χ0) is 14.7. The van der Waals surface area contributed by atoms with Gasteiger partial charge in [-0.15, -0.1) is 0 Å². The average molecular weight is 282 g/mol. The molecule has 1 amide bonds. The molecule has 0 aliphatic carbocycles. The lowest BCUT2D eigenvalue weighted by Gasteiger charge is -2.16. The Kier molecular flexibility index (Phi) is 4.04. The molecule has 1 unspecified atom stereocenters. The molecule has 108 valence electrons. The summed E-state index contributed by atoms with van der Waals surface area (Å²) in [4.78, 5) is 22.1. The van der Waals surface area contributed by atoms with E-state index in [1.54, 1.807) is 0 Å². The number of hydrogen-bond donors (Lipinski definition) is 1. The number of nitrogens with zero attached hydrogens (tertiary/aromatic N) is 2. The number of benzene rings is 1. The largest absolute Gasteiger partial charge is 0.488 e. The molecular formula is C12H14N2O6. The van der Waals surface area contributed by atoms with Crippen molar-refractivity contribution in [2.24, 2.45) is 0 Å². The molecule has 1 saturated heterocycles. The van der Waals surface area contributed by atoms with E-state index in [2.05, 4.69) is 0 Å². The highest BCUT2D eigenvalue weighted by Gasteiger charge is 2.23. The molecule has 1 N–H and O–H groups in total. The number of amides is 1. The van der Waals surface area contributed by atoms with Gasteiger partial charge < -0.3 is 14.6 Å². The average Bonchev–Trinajstić information content (AvgIpc) is 2.90. The molecule has 0 spiro atoms. The van der Waals surface area contributed by atoms with Crippen molar-refractivity contribution in [2.45, 2.75) is 12.5 Å². The van der Waals surface area contributed by atoms with Gasteiger partial charge in [-0.3, -0.25) is 15.0 Å². The third-order valence-electron chi connectivity index (χ3n) is 2.98. The predicted octanol–water partition coefficient (Wildman–Crippen LogP) is 1.88. The van der Waals surface area contributed by atoms with Crippen molar-refractivity contribution in [3.8, 4) is 5.75 Å². The molecule has 1 fully saturated rings. The molecule has 1 heterocycles. The molecule has 20 heavy (non-hydrogen) atoms. The second kappa shape index (κ2) is 5.74. The van der Waals surface area contributed by atoms with Gasteiger partial charge in [0.1, 0.15) is 17.5 Å². The second-order valence-electron chi connectivity index (χ2n) is 4.35. The van der Waals surface area contributed by atoms with Gasteiger partial charge >= 0.3 is 6.09 Å². The van der Waals surface area contributed by atoms with Crippen LogP contribution in [0.25, 0.3) is 0 Å². The quantitative estimate of drug-likeness (QED) is 0.668. The van der Waals surface area contributed by atoms with Crippen LogP contribution in [-0.2, 0) is 4.74 Å². The van der Waals surface area contributed by atoms with Gasteiger partial charge in [-0.05, 0) is 6.07 Å². The summed E-state index contributed by atoms with van der Waals surface area (Å²) in [7, 11) is 1.24. The highest BCUT2D eigenvalue weighted by Crippen LogP contribution is 2.32. The first-order valence-electron chi connectivity index (χ1n) is 5.98. The molecule has 0 radical (unpaired) electrons. The number of carboxylic acid groups (broad SMARTS) is 1. The first kappa shape index (κ1) is 14.1. The number of hydrogen-bond acceptors (Lipinski definition) is 5. The number of rotatable bonds is 4. The Bertz CT molecular complexity index is 527. The van der Waals surface area contributed by atoms with Crippen LogP contribution in [0.2, 0.25) is 0 Å². The van der Waals surface area contributed by atoms with Crippen LogP contribution >= 0.6 is 0 Å². The highest BCUT2D eigenvalue weighted by molar-refractivity contribution is 5.89.